The predicted octanol–water partition coefficient (Wildman–Crippen LogP) is 3.64. The molecule has 1 amide bonds. The molecule has 1 atom stereocenters. The van der Waals surface area contributed by atoms with Crippen LogP contribution in [0.3, 0.4) is 0 Å². The number of hydrogen-bond donors (Lipinski definition) is 0. The van der Waals surface area contributed by atoms with Crippen molar-refractivity contribution in [2.75, 3.05) is 23.9 Å². The van der Waals surface area contributed by atoms with Gasteiger partial charge in [-0.3, -0.25) is 4.79 Å². The Bertz CT molecular complexity index is 565. The second-order valence-electron chi connectivity index (χ2n) is 4.50. The molecule has 108 valence electrons. The molecule has 20 heavy (non-hydrogen) atoms. The normalized spacial score (nSPS) is 18.5. The third kappa shape index (κ3) is 3.02. The lowest BCUT2D eigenvalue weighted by Gasteiger charge is -2.20. The number of methoxy groups -OCH3 is 1. The molecule has 0 saturated carbocycles. The number of carbonyl (C=O) groups is 2. The number of rotatable bonds is 3. The minimum Gasteiger partial charge on any atom is -0.465 e. The first kappa shape index (κ1) is 15.8. The van der Waals surface area contributed by atoms with Gasteiger partial charge in [0.15, 0.2) is 0 Å². The molecule has 1 aromatic rings. The fourth-order valence-corrected chi connectivity index (χ4v) is 3.09. The average Bonchev–Trinajstić information content (AvgIpc) is 2.81. The molecule has 1 fully saturated rings. The van der Waals surface area contributed by atoms with Gasteiger partial charge in [-0.05, 0) is 34.0 Å². The highest BCUT2D eigenvalue weighted by molar-refractivity contribution is 9.10. The van der Waals surface area contributed by atoms with Gasteiger partial charge in [0.25, 0.3) is 0 Å². The van der Waals surface area contributed by atoms with Crippen LogP contribution in [0.4, 0.5) is 5.69 Å². The van der Waals surface area contributed by atoms with Crippen LogP contribution >= 0.6 is 43.5 Å². The number of nitrogens with zero attached hydrogens (tertiary/aromatic N) is 1. The van der Waals surface area contributed by atoms with Crippen molar-refractivity contribution >= 4 is 61.0 Å². The van der Waals surface area contributed by atoms with E-state index in [4.69, 9.17) is 16.3 Å². The van der Waals surface area contributed by atoms with Crippen LogP contribution in [0.5, 0.6) is 0 Å². The van der Waals surface area contributed by atoms with Crippen LogP contribution in [0.25, 0.3) is 0 Å². The average molecular weight is 426 g/mol. The Kier molecular flexibility index (Phi) is 5.09. The van der Waals surface area contributed by atoms with Gasteiger partial charge in [-0.15, -0.1) is 0 Å². The molecule has 0 radical (unpaired) electrons. The molecule has 0 aromatic heterocycles. The van der Waals surface area contributed by atoms with Crippen molar-refractivity contribution < 1.29 is 14.3 Å². The lowest BCUT2D eigenvalue weighted by atomic mass is 10.1. The van der Waals surface area contributed by atoms with Gasteiger partial charge in [0, 0.05) is 22.8 Å². The maximum absolute atomic E-state index is 12.1. The molecule has 0 N–H and O–H groups in total. The summed E-state index contributed by atoms with van der Waals surface area (Å²) in [6, 6.07) is 3.20. The van der Waals surface area contributed by atoms with Crippen molar-refractivity contribution in [2.24, 2.45) is 5.92 Å². The smallest absolute Gasteiger partial charge is 0.340 e. The fourth-order valence-electron chi connectivity index (χ4n) is 2.15. The van der Waals surface area contributed by atoms with E-state index in [1.54, 1.807) is 17.0 Å². The Morgan fingerprint density at radius 3 is 2.80 bits per heavy atom. The molecule has 1 unspecified atom stereocenters. The van der Waals surface area contributed by atoms with Crippen molar-refractivity contribution in [3.8, 4) is 0 Å². The molecule has 1 aliphatic rings. The van der Waals surface area contributed by atoms with Crippen molar-refractivity contribution in [2.45, 2.75) is 6.42 Å². The number of carbonyl (C=O) groups excluding carboxylic acids is 2. The van der Waals surface area contributed by atoms with E-state index >= 15 is 0 Å². The molecule has 1 saturated heterocycles. The van der Waals surface area contributed by atoms with E-state index in [2.05, 4.69) is 31.9 Å². The lowest BCUT2D eigenvalue weighted by molar-refractivity contribution is -0.117. The summed E-state index contributed by atoms with van der Waals surface area (Å²) in [7, 11) is 1.31. The Morgan fingerprint density at radius 2 is 2.25 bits per heavy atom. The predicted molar refractivity (Wildman–Crippen MR) is 84.7 cm³/mol. The quantitative estimate of drug-likeness (QED) is 0.549. The van der Waals surface area contributed by atoms with Gasteiger partial charge in [0.1, 0.15) is 0 Å². The van der Waals surface area contributed by atoms with Crippen LogP contribution in [0, 0.1) is 5.92 Å². The van der Waals surface area contributed by atoms with Gasteiger partial charge in [0.2, 0.25) is 5.91 Å². The summed E-state index contributed by atoms with van der Waals surface area (Å²) in [4.78, 5) is 25.6. The van der Waals surface area contributed by atoms with Crippen LogP contribution in [-0.2, 0) is 9.53 Å². The Hall–Kier alpha value is -0.590. The van der Waals surface area contributed by atoms with Gasteiger partial charge in [-0.2, -0.15) is 0 Å². The third-order valence-electron chi connectivity index (χ3n) is 3.16. The first-order chi connectivity index (χ1) is 9.47. The van der Waals surface area contributed by atoms with Crippen LogP contribution in [0.1, 0.15) is 16.8 Å². The summed E-state index contributed by atoms with van der Waals surface area (Å²) in [6.07, 6.45) is 0.458. The summed E-state index contributed by atoms with van der Waals surface area (Å²) in [5, 5.41) is 1.19. The number of ether oxygens (including phenoxy) is 1. The first-order valence-corrected chi connectivity index (χ1v) is 8.20. The lowest BCUT2D eigenvalue weighted by Crippen LogP contribution is -2.27. The van der Waals surface area contributed by atoms with E-state index in [1.807, 2.05) is 0 Å². The largest absolute Gasteiger partial charge is 0.465 e. The van der Waals surface area contributed by atoms with Gasteiger partial charge in [-0.25, -0.2) is 4.79 Å². The van der Waals surface area contributed by atoms with Gasteiger partial charge in [0.05, 0.1) is 23.4 Å². The molecular formula is C13H12Br2ClNO3. The minimum absolute atomic E-state index is 0.0157. The molecule has 1 aliphatic heterocycles. The molecular weight excluding hydrogens is 413 g/mol. The molecule has 1 aromatic carbocycles. The van der Waals surface area contributed by atoms with E-state index in [0.29, 0.717) is 33.7 Å². The summed E-state index contributed by atoms with van der Waals surface area (Å²) < 4.78 is 5.36. The summed E-state index contributed by atoms with van der Waals surface area (Å²) >= 11 is 12.7. The van der Waals surface area contributed by atoms with Gasteiger partial charge < -0.3 is 9.64 Å². The van der Waals surface area contributed by atoms with Crippen LogP contribution in [0.2, 0.25) is 5.02 Å². The molecule has 7 heteroatoms. The van der Waals surface area contributed by atoms with Gasteiger partial charge >= 0.3 is 5.97 Å². The van der Waals surface area contributed by atoms with E-state index in [9.17, 15) is 9.59 Å². The topological polar surface area (TPSA) is 46.6 Å². The number of amides is 1. The van der Waals surface area contributed by atoms with Crippen molar-refractivity contribution in [1.82, 2.24) is 0 Å². The van der Waals surface area contributed by atoms with Gasteiger partial charge in [-0.1, -0.05) is 27.5 Å². The number of benzene rings is 1. The highest BCUT2D eigenvalue weighted by Gasteiger charge is 2.32. The summed E-state index contributed by atoms with van der Waals surface area (Å²) in [6.45, 7) is 0.562. The summed E-state index contributed by atoms with van der Waals surface area (Å²) in [5.41, 5.74) is 0.825. The van der Waals surface area contributed by atoms with E-state index < -0.39 is 5.97 Å². The van der Waals surface area contributed by atoms with Crippen molar-refractivity contribution in [3.63, 3.8) is 0 Å². The highest BCUT2D eigenvalue weighted by Crippen LogP contribution is 2.35. The third-order valence-corrected chi connectivity index (χ3v) is 5.27. The maximum Gasteiger partial charge on any atom is 0.340 e. The highest BCUT2D eigenvalue weighted by atomic mass is 79.9. The standard InChI is InChI=1S/C13H12Br2ClNO3/c1-20-13(19)8-3-9(15)10(16)4-11(8)17-6-7(5-14)2-12(17)18/h3-4,7H,2,5-6H2,1H3. The van der Waals surface area contributed by atoms with E-state index in [0.717, 1.165) is 5.33 Å². The van der Waals surface area contributed by atoms with E-state index in [-0.39, 0.29) is 11.8 Å². The molecule has 0 spiro atoms. The second-order valence-corrected chi connectivity index (χ2v) is 6.41. The maximum atomic E-state index is 12.1. The Labute approximate surface area is 138 Å². The zero-order valence-corrected chi connectivity index (χ0v) is 14.6. The number of esters is 1. The molecule has 2 rings (SSSR count). The summed E-state index contributed by atoms with van der Waals surface area (Å²) in [5.74, 6) is -0.277. The Morgan fingerprint density at radius 1 is 1.55 bits per heavy atom. The second kappa shape index (κ2) is 6.45. The molecule has 4 nitrogen and oxygen atoms in total. The van der Waals surface area contributed by atoms with Crippen LogP contribution in [-0.4, -0.2) is 30.9 Å². The zero-order valence-electron chi connectivity index (χ0n) is 10.7. The molecule has 0 bridgehead atoms. The zero-order chi connectivity index (χ0) is 14.9. The van der Waals surface area contributed by atoms with Crippen LogP contribution in [0.15, 0.2) is 16.6 Å². The molecule has 0 aliphatic carbocycles. The molecule has 1 heterocycles. The van der Waals surface area contributed by atoms with Crippen molar-refractivity contribution in [1.29, 1.82) is 0 Å². The Balaban J connectivity index is 2.47. The van der Waals surface area contributed by atoms with E-state index in [1.165, 1.54) is 7.11 Å². The SMILES string of the molecule is COC(=O)c1cc(Br)c(Cl)cc1N1CC(CBr)CC1=O. The van der Waals surface area contributed by atoms with Crippen LogP contribution < -0.4 is 4.90 Å². The number of halogens is 3. The number of anilines is 1. The monoisotopic (exact) mass is 423 g/mol. The number of hydrogen-bond acceptors (Lipinski definition) is 3. The van der Waals surface area contributed by atoms with Crippen molar-refractivity contribution in [3.05, 3.63) is 27.2 Å². The minimum atomic E-state index is -0.493. The fraction of sp³-hybridized carbons (Fsp3) is 0.385. The number of alkyl halides is 1. The first-order valence-electron chi connectivity index (χ1n) is 5.91.